The zero-order chi connectivity index (χ0) is 17.8. The van der Waals surface area contributed by atoms with E-state index < -0.39 is 0 Å². The quantitative estimate of drug-likeness (QED) is 0.744. The van der Waals surface area contributed by atoms with Gasteiger partial charge in [-0.2, -0.15) is 0 Å². The molecule has 2 N–H and O–H groups in total. The molecule has 2 heterocycles. The number of fused-ring (bicyclic) bond motifs is 1. The molecule has 0 unspecified atom stereocenters. The molecule has 0 radical (unpaired) electrons. The Morgan fingerprint density at radius 3 is 2.72 bits per heavy atom. The largest absolute Gasteiger partial charge is 0.486 e. The van der Waals surface area contributed by atoms with Crippen LogP contribution in [0.15, 0.2) is 22.5 Å². The van der Waals surface area contributed by atoms with E-state index in [1.54, 1.807) is 18.2 Å². The highest BCUT2D eigenvalue weighted by Crippen LogP contribution is 2.33. The van der Waals surface area contributed by atoms with E-state index >= 15 is 0 Å². The molecule has 9 heteroatoms. The standard InChI is InChI=1S/C16H20N4O3S2/c1-9(2)17-15-19-20-16(25-15)24-10(3)14(21)18-11-4-5-12-13(8-11)23-7-6-22-12/h4-5,8-10H,6-7H2,1-3H3,(H,17,19)(H,18,21)/t10-/m1/s1. The van der Waals surface area contributed by atoms with E-state index in [1.165, 1.54) is 23.1 Å². The molecule has 0 fully saturated rings. The molecule has 25 heavy (non-hydrogen) atoms. The Labute approximate surface area is 154 Å². The SMILES string of the molecule is CC(C)Nc1nnc(S[C@H](C)C(=O)Nc2ccc3c(c2)OCCO3)s1. The summed E-state index contributed by atoms with van der Waals surface area (Å²) in [7, 11) is 0. The second-order valence-electron chi connectivity index (χ2n) is 5.78. The van der Waals surface area contributed by atoms with Gasteiger partial charge < -0.3 is 20.1 Å². The van der Waals surface area contributed by atoms with Gasteiger partial charge in [0.05, 0.1) is 5.25 Å². The third-order valence-electron chi connectivity index (χ3n) is 3.28. The topological polar surface area (TPSA) is 85.4 Å². The third kappa shape index (κ3) is 4.76. The highest BCUT2D eigenvalue weighted by atomic mass is 32.2. The van der Waals surface area contributed by atoms with Gasteiger partial charge in [-0.25, -0.2) is 0 Å². The van der Waals surface area contributed by atoms with Gasteiger partial charge >= 0.3 is 0 Å². The molecular formula is C16H20N4O3S2. The fraction of sp³-hybridized carbons (Fsp3) is 0.438. The van der Waals surface area contributed by atoms with Crippen molar-refractivity contribution >= 4 is 39.8 Å². The lowest BCUT2D eigenvalue weighted by molar-refractivity contribution is -0.115. The van der Waals surface area contributed by atoms with Crippen molar-refractivity contribution in [3.8, 4) is 11.5 Å². The van der Waals surface area contributed by atoms with E-state index in [9.17, 15) is 4.79 Å². The van der Waals surface area contributed by atoms with Gasteiger partial charge in [0.15, 0.2) is 15.8 Å². The van der Waals surface area contributed by atoms with Crippen LogP contribution in [0.5, 0.6) is 11.5 Å². The third-order valence-corrected chi connectivity index (χ3v) is 5.31. The van der Waals surface area contributed by atoms with Crippen LogP contribution in [0, 0.1) is 0 Å². The minimum absolute atomic E-state index is 0.102. The van der Waals surface area contributed by atoms with Crippen LogP contribution in [0.3, 0.4) is 0 Å². The van der Waals surface area contributed by atoms with E-state index in [4.69, 9.17) is 9.47 Å². The van der Waals surface area contributed by atoms with Crippen LogP contribution in [0.2, 0.25) is 0 Å². The first-order valence-electron chi connectivity index (χ1n) is 7.98. The van der Waals surface area contributed by atoms with Gasteiger partial charge in [-0.1, -0.05) is 23.1 Å². The smallest absolute Gasteiger partial charge is 0.237 e. The zero-order valence-corrected chi connectivity index (χ0v) is 15.9. The maximum absolute atomic E-state index is 12.4. The van der Waals surface area contributed by atoms with Gasteiger partial charge in [-0.15, -0.1) is 10.2 Å². The van der Waals surface area contributed by atoms with Crippen molar-refractivity contribution in [2.24, 2.45) is 0 Å². The van der Waals surface area contributed by atoms with Crippen molar-refractivity contribution in [2.75, 3.05) is 23.8 Å². The molecular weight excluding hydrogens is 360 g/mol. The summed E-state index contributed by atoms with van der Waals surface area (Å²) in [6.45, 7) is 6.98. The number of amides is 1. The molecule has 2 aromatic rings. The van der Waals surface area contributed by atoms with E-state index in [2.05, 4.69) is 20.8 Å². The van der Waals surface area contributed by atoms with Crippen LogP contribution in [0.1, 0.15) is 20.8 Å². The second kappa shape index (κ2) is 7.92. The predicted molar refractivity (Wildman–Crippen MR) is 100 cm³/mol. The number of ether oxygens (including phenoxy) is 2. The molecule has 1 aromatic heterocycles. The molecule has 1 atom stereocenters. The highest BCUT2D eigenvalue weighted by molar-refractivity contribution is 8.02. The summed E-state index contributed by atoms with van der Waals surface area (Å²) < 4.78 is 11.8. The summed E-state index contributed by atoms with van der Waals surface area (Å²) in [6.07, 6.45) is 0. The number of nitrogens with zero attached hydrogens (tertiary/aromatic N) is 2. The Kier molecular flexibility index (Phi) is 5.64. The minimum Gasteiger partial charge on any atom is -0.486 e. The maximum Gasteiger partial charge on any atom is 0.237 e. The molecule has 1 aliphatic heterocycles. The number of hydrogen-bond acceptors (Lipinski definition) is 8. The first-order chi connectivity index (χ1) is 12.0. The van der Waals surface area contributed by atoms with Gasteiger partial charge in [0.1, 0.15) is 13.2 Å². The van der Waals surface area contributed by atoms with Crippen LogP contribution in [0.25, 0.3) is 0 Å². The van der Waals surface area contributed by atoms with Crippen molar-refractivity contribution in [3.05, 3.63) is 18.2 Å². The van der Waals surface area contributed by atoms with Crippen molar-refractivity contribution in [2.45, 2.75) is 36.4 Å². The molecule has 0 saturated carbocycles. The molecule has 7 nitrogen and oxygen atoms in total. The van der Waals surface area contributed by atoms with Crippen LogP contribution in [-0.4, -0.2) is 40.6 Å². The lowest BCUT2D eigenvalue weighted by Crippen LogP contribution is -2.22. The monoisotopic (exact) mass is 380 g/mol. The Morgan fingerprint density at radius 2 is 1.96 bits per heavy atom. The lowest BCUT2D eigenvalue weighted by atomic mass is 10.2. The van der Waals surface area contributed by atoms with E-state index in [0.717, 1.165) is 9.47 Å². The molecule has 0 bridgehead atoms. The Morgan fingerprint density at radius 1 is 1.20 bits per heavy atom. The molecule has 3 rings (SSSR count). The Balaban J connectivity index is 1.58. The number of nitrogens with one attached hydrogen (secondary N) is 2. The van der Waals surface area contributed by atoms with E-state index in [0.29, 0.717) is 36.4 Å². The van der Waals surface area contributed by atoms with Gasteiger partial charge in [0, 0.05) is 17.8 Å². The summed E-state index contributed by atoms with van der Waals surface area (Å²) in [5.74, 6) is 1.25. The number of benzene rings is 1. The van der Waals surface area contributed by atoms with Gasteiger partial charge in [-0.05, 0) is 32.9 Å². The molecule has 0 saturated heterocycles. The van der Waals surface area contributed by atoms with Crippen molar-refractivity contribution in [1.29, 1.82) is 0 Å². The van der Waals surface area contributed by atoms with Crippen LogP contribution < -0.4 is 20.1 Å². The highest BCUT2D eigenvalue weighted by Gasteiger charge is 2.19. The van der Waals surface area contributed by atoms with Crippen molar-refractivity contribution < 1.29 is 14.3 Å². The predicted octanol–water partition coefficient (Wildman–Crippen LogP) is 3.25. The first-order valence-corrected chi connectivity index (χ1v) is 9.68. The minimum atomic E-state index is -0.298. The number of carbonyl (C=O) groups excluding carboxylic acids is 1. The molecule has 1 aromatic carbocycles. The number of thioether (sulfide) groups is 1. The van der Waals surface area contributed by atoms with E-state index in [-0.39, 0.29) is 11.2 Å². The summed E-state index contributed by atoms with van der Waals surface area (Å²) in [4.78, 5) is 12.4. The summed E-state index contributed by atoms with van der Waals surface area (Å²) in [5.41, 5.74) is 0.682. The van der Waals surface area contributed by atoms with Gasteiger partial charge in [-0.3, -0.25) is 4.79 Å². The van der Waals surface area contributed by atoms with Crippen molar-refractivity contribution in [1.82, 2.24) is 10.2 Å². The number of anilines is 2. The average Bonchev–Trinajstić information content (AvgIpc) is 3.00. The van der Waals surface area contributed by atoms with E-state index in [1.807, 2.05) is 20.8 Å². The summed E-state index contributed by atoms with van der Waals surface area (Å²) in [6, 6.07) is 5.68. The number of carbonyl (C=O) groups is 1. The van der Waals surface area contributed by atoms with Crippen LogP contribution >= 0.6 is 23.1 Å². The van der Waals surface area contributed by atoms with Crippen LogP contribution in [0.4, 0.5) is 10.8 Å². The van der Waals surface area contributed by atoms with Gasteiger partial charge in [0.2, 0.25) is 11.0 Å². The molecule has 134 valence electrons. The normalized spacial score (nSPS) is 14.2. The Bertz CT molecular complexity index is 751. The number of hydrogen-bond donors (Lipinski definition) is 2. The first kappa shape index (κ1) is 17.8. The lowest BCUT2D eigenvalue weighted by Gasteiger charge is -2.19. The number of aromatic nitrogens is 2. The summed E-state index contributed by atoms with van der Waals surface area (Å²) in [5, 5.41) is 14.7. The molecule has 1 aliphatic rings. The summed E-state index contributed by atoms with van der Waals surface area (Å²) >= 11 is 2.83. The number of rotatable bonds is 6. The average molecular weight is 380 g/mol. The maximum atomic E-state index is 12.4. The molecule has 0 aliphatic carbocycles. The molecule has 0 spiro atoms. The fourth-order valence-electron chi connectivity index (χ4n) is 2.13. The molecule has 1 amide bonds. The second-order valence-corrected chi connectivity index (χ2v) is 8.35. The van der Waals surface area contributed by atoms with Crippen LogP contribution in [-0.2, 0) is 4.79 Å². The fourth-order valence-corrected chi connectivity index (χ4v) is 4.17. The van der Waals surface area contributed by atoms with Gasteiger partial charge in [0.25, 0.3) is 0 Å². The van der Waals surface area contributed by atoms with Crippen molar-refractivity contribution in [3.63, 3.8) is 0 Å². The zero-order valence-electron chi connectivity index (χ0n) is 14.2. The Hall–Kier alpha value is -2.00.